The van der Waals surface area contributed by atoms with Gasteiger partial charge in [-0.2, -0.15) is 0 Å². The minimum atomic E-state index is 0.160. The second-order valence-electron chi connectivity index (χ2n) is 4.85. The lowest BCUT2D eigenvalue weighted by atomic mass is 10.0. The molecule has 1 aromatic rings. The molecular weight excluding hydrogens is 330 g/mol. The van der Waals surface area contributed by atoms with Crippen molar-refractivity contribution in [3.05, 3.63) is 21.8 Å². The first kappa shape index (κ1) is 14.6. The third kappa shape index (κ3) is 3.83. The Labute approximate surface area is 126 Å². The SMILES string of the molecule is CNC(=O)C1CCC(CNc2cc(Cl)c(Br)cn2)C1. The lowest BCUT2D eigenvalue weighted by Gasteiger charge is -2.12. The molecule has 1 heterocycles. The lowest BCUT2D eigenvalue weighted by molar-refractivity contribution is -0.124. The number of amides is 1. The minimum absolute atomic E-state index is 0.160. The van der Waals surface area contributed by atoms with Gasteiger partial charge >= 0.3 is 0 Å². The summed E-state index contributed by atoms with van der Waals surface area (Å²) in [5, 5.41) is 6.65. The Morgan fingerprint density at radius 3 is 3.05 bits per heavy atom. The number of nitrogens with one attached hydrogen (secondary N) is 2. The summed E-state index contributed by atoms with van der Waals surface area (Å²) < 4.78 is 0.792. The Kier molecular flexibility index (Phi) is 5.05. The zero-order valence-electron chi connectivity index (χ0n) is 10.7. The molecule has 0 radical (unpaired) electrons. The van der Waals surface area contributed by atoms with Crippen molar-refractivity contribution in [1.82, 2.24) is 10.3 Å². The second kappa shape index (κ2) is 6.57. The highest BCUT2D eigenvalue weighted by atomic mass is 79.9. The summed E-state index contributed by atoms with van der Waals surface area (Å²) in [4.78, 5) is 15.8. The van der Waals surface area contributed by atoms with Gasteiger partial charge in [0.15, 0.2) is 0 Å². The maximum Gasteiger partial charge on any atom is 0.222 e. The van der Waals surface area contributed by atoms with Crippen LogP contribution in [0.15, 0.2) is 16.7 Å². The van der Waals surface area contributed by atoms with Crippen LogP contribution < -0.4 is 10.6 Å². The van der Waals surface area contributed by atoms with Crippen LogP contribution in [-0.2, 0) is 4.79 Å². The molecule has 2 unspecified atom stereocenters. The van der Waals surface area contributed by atoms with E-state index in [4.69, 9.17) is 11.6 Å². The molecule has 6 heteroatoms. The topological polar surface area (TPSA) is 54.0 Å². The van der Waals surface area contributed by atoms with Crippen LogP contribution in [0.2, 0.25) is 5.02 Å². The molecule has 0 aromatic carbocycles. The molecule has 0 bridgehead atoms. The Bertz CT molecular complexity index is 469. The third-order valence-corrected chi connectivity index (χ3v) is 4.71. The molecule has 0 aliphatic heterocycles. The van der Waals surface area contributed by atoms with E-state index in [9.17, 15) is 4.79 Å². The fourth-order valence-electron chi connectivity index (χ4n) is 2.46. The van der Waals surface area contributed by atoms with Crippen LogP contribution >= 0.6 is 27.5 Å². The molecule has 0 saturated heterocycles. The van der Waals surface area contributed by atoms with Crippen molar-refractivity contribution < 1.29 is 4.79 Å². The number of anilines is 1. The lowest BCUT2D eigenvalue weighted by Crippen LogP contribution is -2.26. The van der Waals surface area contributed by atoms with Crippen molar-refractivity contribution in [2.24, 2.45) is 11.8 Å². The van der Waals surface area contributed by atoms with Gasteiger partial charge in [0.05, 0.1) is 9.50 Å². The number of nitrogens with zero attached hydrogens (tertiary/aromatic N) is 1. The van der Waals surface area contributed by atoms with E-state index in [1.165, 1.54) is 0 Å². The third-order valence-electron chi connectivity index (χ3n) is 3.54. The van der Waals surface area contributed by atoms with E-state index in [0.29, 0.717) is 10.9 Å². The second-order valence-corrected chi connectivity index (χ2v) is 6.12. The molecule has 2 N–H and O–H groups in total. The Morgan fingerprint density at radius 1 is 1.58 bits per heavy atom. The molecule has 0 spiro atoms. The maximum atomic E-state index is 11.5. The first-order valence-electron chi connectivity index (χ1n) is 6.36. The van der Waals surface area contributed by atoms with Crippen molar-refractivity contribution in [3.8, 4) is 0 Å². The van der Waals surface area contributed by atoms with Crippen molar-refractivity contribution in [3.63, 3.8) is 0 Å². The molecule has 1 aliphatic carbocycles. The maximum absolute atomic E-state index is 11.5. The zero-order valence-corrected chi connectivity index (χ0v) is 13.1. The molecule has 1 saturated carbocycles. The van der Waals surface area contributed by atoms with Crippen LogP contribution in [0.3, 0.4) is 0 Å². The van der Waals surface area contributed by atoms with Gasteiger partial charge in [0.2, 0.25) is 5.91 Å². The highest BCUT2D eigenvalue weighted by Gasteiger charge is 2.29. The van der Waals surface area contributed by atoms with E-state index < -0.39 is 0 Å². The number of hydrogen-bond acceptors (Lipinski definition) is 3. The van der Waals surface area contributed by atoms with Gasteiger partial charge in [0.25, 0.3) is 0 Å². The molecule has 1 aromatic heterocycles. The summed E-state index contributed by atoms with van der Waals surface area (Å²) in [6.07, 6.45) is 4.68. The van der Waals surface area contributed by atoms with Crippen molar-refractivity contribution >= 4 is 39.3 Å². The Hall–Kier alpha value is -0.810. The fraction of sp³-hybridized carbons (Fsp3) is 0.538. The van der Waals surface area contributed by atoms with E-state index in [0.717, 1.165) is 36.1 Å². The fourth-order valence-corrected chi connectivity index (χ4v) is 2.83. The largest absolute Gasteiger partial charge is 0.370 e. The van der Waals surface area contributed by atoms with E-state index in [-0.39, 0.29) is 11.8 Å². The summed E-state index contributed by atoms with van der Waals surface area (Å²) in [7, 11) is 1.70. The molecule has 1 aliphatic rings. The van der Waals surface area contributed by atoms with Crippen LogP contribution in [0.5, 0.6) is 0 Å². The molecular formula is C13H17BrClN3O. The quantitative estimate of drug-likeness (QED) is 0.881. The number of aromatic nitrogens is 1. The van der Waals surface area contributed by atoms with Gasteiger partial charge in [-0.25, -0.2) is 4.98 Å². The molecule has 1 fully saturated rings. The number of hydrogen-bond donors (Lipinski definition) is 2. The van der Waals surface area contributed by atoms with Crippen LogP contribution in [0.25, 0.3) is 0 Å². The van der Waals surface area contributed by atoms with Gasteiger partial charge in [-0.15, -0.1) is 0 Å². The van der Waals surface area contributed by atoms with Gasteiger partial charge in [0, 0.05) is 31.8 Å². The number of halogens is 2. The van der Waals surface area contributed by atoms with E-state index in [1.54, 1.807) is 19.3 Å². The molecule has 1 amide bonds. The summed E-state index contributed by atoms with van der Waals surface area (Å²) >= 11 is 9.32. The average molecular weight is 347 g/mol. The summed E-state index contributed by atoms with van der Waals surface area (Å²) in [6, 6.07) is 1.80. The molecule has 19 heavy (non-hydrogen) atoms. The average Bonchev–Trinajstić information content (AvgIpc) is 2.88. The Morgan fingerprint density at radius 2 is 2.37 bits per heavy atom. The monoisotopic (exact) mass is 345 g/mol. The first-order chi connectivity index (χ1) is 9.10. The summed E-state index contributed by atoms with van der Waals surface area (Å²) in [5.41, 5.74) is 0. The normalized spacial score (nSPS) is 22.3. The highest BCUT2D eigenvalue weighted by Crippen LogP contribution is 2.31. The van der Waals surface area contributed by atoms with Gasteiger partial charge < -0.3 is 10.6 Å². The number of pyridine rings is 1. The Balaban J connectivity index is 1.83. The standard InChI is InChI=1S/C13H17BrClN3O/c1-16-13(19)9-3-2-8(4-9)6-17-12-5-11(15)10(14)7-18-12/h5,7-9H,2-4,6H2,1H3,(H,16,19)(H,17,18). The van der Waals surface area contributed by atoms with Crippen LogP contribution in [0.4, 0.5) is 5.82 Å². The van der Waals surface area contributed by atoms with Crippen LogP contribution in [0, 0.1) is 11.8 Å². The molecule has 104 valence electrons. The minimum Gasteiger partial charge on any atom is -0.370 e. The van der Waals surface area contributed by atoms with Gasteiger partial charge in [-0.3, -0.25) is 4.79 Å². The van der Waals surface area contributed by atoms with E-state index >= 15 is 0 Å². The van der Waals surface area contributed by atoms with Crippen LogP contribution in [-0.4, -0.2) is 24.5 Å². The number of rotatable bonds is 4. The summed E-state index contributed by atoms with van der Waals surface area (Å²) in [6.45, 7) is 0.832. The number of carbonyl (C=O) groups is 1. The summed E-state index contributed by atoms with van der Waals surface area (Å²) in [5.74, 6) is 1.62. The van der Waals surface area contributed by atoms with Crippen molar-refractivity contribution in [2.75, 3.05) is 18.9 Å². The highest BCUT2D eigenvalue weighted by molar-refractivity contribution is 9.10. The molecule has 2 atom stereocenters. The first-order valence-corrected chi connectivity index (χ1v) is 7.53. The smallest absolute Gasteiger partial charge is 0.222 e. The van der Waals surface area contributed by atoms with Crippen molar-refractivity contribution in [1.29, 1.82) is 0 Å². The van der Waals surface area contributed by atoms with Crippen LogP contribution in [0.1, 0.15) is 19.3 Å². The van der Waals surface area contributed by atoms with E-state index in [2.05, 4.69) is 31.5 Å². The van der Waals surface area contributed by atoms with Gasteiger partial charge in [-0.1, -0.05) is 11.6 Å². The number of carbonyl (C=O) groups excluding carboxylic acids is 1. The van der Waals surface area contributed by atoms with Gasteiger partial charge in [0.1, 0.15) is 5.82 Å². The van der Waals surface area contributed by atoms with Gasteiger partial charge in [-0.05, 0) is 41.1 Å². The zero-order chi connectivity index (χ0) is 13.8. The molecule has 2 rings (SSSR count). The molecule has 4 nitrogen and oxygen atoms in total. The van der Waals surface area contributed by atoms with Crippen molar-refractivity contribution in [2.45, 2.75) is 19.3 Å². The predicted octanol–water partition coefficient (Wildman–Crippen LogP) is 3.07. The predicted molar refractivity (Wildman–Crippen MR) is 80.3 cm³/mol. The van der Waals surface area contributed by atoms with E-state index in [1.807, 2.05) is 0 Å².